The molecule has 1 saturated carbocycles. The van der Waals surface area contributed by atoms with Gasteiger partial charge in [-0.05, 0) is 43.4 Å². The summed E-state index contributed by atoms with van der Waals surface area (Å²) in [6.07, 6.45) is 8.61. The van der Waals surface area contributed by atoms with Crippen LogP contribution < -0.4 is 5.73 Å². The van der Waals surface area contributed by atoms with Crippen LogP contribution in [0.5, 0.6) is 0 Å². The Kier molecular flexibility index (Phi) is 5.05. The minimum Gasteiger partial charge on any atom is -0.382 e. The summed E-state index contributed by atoms with van der Waals surface area (Å²) in [6.45, 7) is 4.49. The van der Waals surface area contributed by atoms with Gasteiger partial charge in [-0.2, -0.15) is 0 Å². The molecule has 0 atom stereocenters. The summed E-state index contributed by atoms with van der Waals surface area (Å²) in [4.78, 5) is 14.6. The Morgan fingerprint density at radius 1 is 0.912 bits per heavy atom. The highest BCUT2D eigenvalue weighted by Crippen LogP contribution is 2.39. The highest BCUT2D eigenvalue weighted by atomic mass is 15.1. The summed E-state index contributed by atoms with van der Waals surface area (Å²) >= 11 is 0. The number of pyridine rings is 1. The van der Waals surface area contributed by atoms with Gasteiger partial charge in [-0.25, -0.2) is 15.0 Å². The normalized spacial score (nSPS) is 18.5. The van der Waals surface area contributed by atoms with Crippen LogP contribution in [-0.2, 0) is 0 Å². The Hall–Kier alpha value is -3.73. The Bertz CT molecular complexity index is 1490. The number of imidazole rings is 1. The third kappa shape index (κ3) is 3.52. The van der Waals surface area contributed by atoms with Crippen LogP contribution in [0.3, 0.4) is 0 Å². The number of nitrogens with zero attached hydrogens (tertiary/aromatic N) is 4. The van der Waals surface area contributed by atoms with Crippen molar-refractivity contribution in [2.45, 2.75) is 45.4 Å². The molecule has 0 radical (unpaired) electrons. The van der Waals surface area contributed by atoms with Crippen molar-refractivity contribution in [1.29, 1.82) is 0 Å². The molecular formula is C29H29N5. The van der Waals surface area contributed by atoms with Gasteiger partial charge in [-0.15, -0.1) is 0 Å². The minimum absolute atomic E-state index is 0.449. The van der Waals surface area contributed by atoms with Crippen LogP contribution in [0, 0.1) is 12.8 Å². The zero-order chi connectivity index (χ0) is 23.2. The molecule has 34 heavy (non-hydrogen) atoms. The number of hydrogen-bond donors (Lipinski definition) is 1. The van der Waals surface area contributed by atoms with E-state index < -0.39 is 0 Å². The molecule has 5 aromatic rings. The van der Waals surface area contributed by atoms with Gasteiger partial charge in [0.2, 0.25) is 0 Å². The van der Waals surface area contributed by atoms with E-state index in [1.807, 2.05) is 24.4 Å². The van der Waals surface area contributed by atoms with Gasteiger partial charge in [0.15, 0.2) is 0 Å². The summed E-state index contributed by atoms with van der Waals surface area (Å²) in [5, 5.41) is 1.15. The van der Waals surface area contributed by atoms with Crippen LogP contribution in [0.2, 0.25) is 0 Å². The maximum absolute atomic E-state index is 6.41. The molecule has 5 nitrogen and oxygen atoms in total. The van der Waals surface area contributed by atoms with Gasteiger partial charge < -0.3 is 5.73 Å². The number of nitrogens with two attached hydrogens (primary N) is 1. The molecule has 170 valence electrons. The van der Waals surface area contributed by atoms with Crippen LogP contribution in [0.4, 0.5) is 5.82 Å². The maximum atomic E-state index is 6.41. The molecule has 3 heterocycles. The van der Waals surface area contributed by atoms with Crippen LogP contribution in [-0.4, -0.2) is 19.4 Å². The largest absolute Gasteiger partial charge is 0.382 e. The molecule has 2 aromatic carbocycles. The van der Waals surface area contributed by atoms with Crippen LogP contribution in [0.15, 0.2) is 67.0 Å². The molecule has 5 heteroatoms. The quantitative estimate of drug-likeness (QED) is 0.330. The van der Waals surface area contributed by atoms with Gasteiger partial charge in [0.25, 0.3) is 0 Å². The molecular weight excluding hydrogens is 418 g/mol. The SMILES string of the molecule is Cc1cc(-c2ccccc2)nc2cc(-c3nc(C4CCC(C)CC4)n4ccnc(N)c34)ccc12. The lowest BCUT2D eigenvalue weighted by atomic mass is 9.82. The molecule has 0 aliphatic heterocycles. The molecule has 0 saturated heterocycles. The van der Waals surface area contributed by atoms with Crippen LogP contribution in [0.25, 0.3) is 38.9 Å². The van der Waals surface area contributed by atoms with E-state index in [1.54, 1.807) is 6.20 Å². The predicted octanol–water partition coefficient (Wildman–Crippen LogP) is 6.80. The smallest absolute Gasteiger partial charge is 0.150 e. The van der Waals surface area contributed by atoms with E-state index in [1.165, 1.54) is 31.2 Å². The highest BCUT2D eigenvalue weighted by Gasteiger charge is 2.26. The molecule has 2 N–H and O–H groups in total. The van der Waals surface area contributed by atoms with Crippen LogP contribution in [0.1, 0.15) is 49.9 Å². The van der Waals surface area contributed by atoms with Gasteiger partial charge in [-0.1, -0.05) is 62.2 Å². The first-order valence-electron chi connectivity index (χ1n) is 12.2. The third-order valence-electron chi connectivity index (χ3n) is 7.35. The van der Waals surface area contributed by atoms with Gasteiger partial charge in [-0.3, -0.25) is 4.40 Å². The van der Waals surface area contributed by atoms with Crippen molar-refractivity contribution in [3.63, 3.8) is 0 Å². The number of fused-ring (bicyclic) bond motifs is 2. The number of rotatable bonds is 3. The minimum atomic E-state index is 0.449. The average Bonchev–Trinajstić information content (AvgIpc) is 3.26. The number of hydrogen-bond acceptors (Lipinski definition) is 4. The Labute approximate surface area is 199 Å². The number of anilines is 1. The van der Waals surface area contributed by atoms with E-state index in [0.717, 1.165) is 50.7 Å². The highest BCUT2D eigenvalue weighted by molar-refractivity contribution is 5.92. The number of nitrogen functional groups attached to an aromatic ring is 1. The second-order valence-corrected chi connectivity index (χ2v) is 9.73. The zero-order valence-electron chi connectivity index (χ0n) is 19.7. The molecule has 1 aliphatic carbocycles. The average molecular weight is 448 g/mol. The van der Waals surface area contributed by atoms with Crippen molar-refractivity contribution in [2.75, 3.05) is 5.73 Å². The lowest BCUT2D eigenvalue weighted by Gasteiger charge is -2.25. The van der Waals surface area contributed by atoms with Gasteiger partial charge in [0.1, 0.15) is 22.9 Å². The summed E-state index contributed by atoms with van der Waals surface area (Å²) < 4.78 is 2.17. The molecule has 1 fully saturated rings. The molecule has 1 aliphatic rings. The Morgan fingerprint density at radius 2 is 1.71 bits per heavy atom. The number of benzene rings is 2. The summed E-state index contributed by atoms with van der Waals surface area (Å²) in [6, 6.07) is 18.9. The molecule has 3 aromatic heterocycles. The Balaban J connectivity index is 1.51. The van der Waals surface area contributed by atoms with Crippen molar-refractivity contribution in [1.82, 2.24) is 19.4 Å². The molecule has 0 spiro atoms. The fourth-order valence-electron chi connectivity index (χ4n) is 5.40. The second kappa shape index (κ2) is 8.24. The lowest BCUT2D eigenvalue weighted by molar-refractivity contribution is 0.339. The molecule has 6 rings (SSSR count). The first kappa shape index (κ1) is 20.8. The van der Waals surface area contributed by atoms with Crippen molar-refractivity contribution < 1.29 is 0 Å². The van der Waals surface area contributed by atoms with E-state index in [0.29, 0.717) is 11.7 Å². The predicted molar refractivity (Wildman–Crippen MR) is 139 cm³/mol. The fraction of sp³-hybridized carbons (Fsp3) is 0.276. The number of aromatic nitrogens is 4. The van der Waals surface area contributed by atoms with E-state index in [-0.39, 0.29) is 0 Å². The zero-order valence-corrected chi connectivity index (χ0v) is 19.7. The molecule has 0 unspecified atom stereocenters. The summed E-state index contributed by atoms with van der Waals surface area (Å²) in [5.41, 5.74) is 13.5. The van der Waals surface area contributed by atoms with Gasteiger partial charge in [0.05, 0.1) is 11.2 Å². The first-order chi connectivity index (χ1) is 16.6. The van der Waals surface area contributed by atoms with Crippen molar-refractivity contribution in [2.24, 2.45) is 5.92 Å². The van der Waals surface area contributed by atoms with Crippen molar-refractivity contribution in [3.05, 3.63) is 78.4 Å². The van der Waals surface area contributed by atoms with E-state index in [9.17, 15) is 0 Å². The van der Waals surface area contributed by atoms with Crippen LogP contribution >= 0.6 is 0 Å². The summed E-state index contributed by atoms with van der Waals surface area (Å²) in [5.74, 6) is 2.86. The third-order valence-corrected chi connectivity index (χ3v) is 7.35. The Morgan fingerprint density at radius 3 is 2.50 bits per heavy atom. The first-order valence-corrected chi connectivity index (χ1v) is 12.2. The molecule has 0 bridgehead atoms. The standard InChI is InChI=1S/C29H29N5/c1-18-8-10-21(11-9-18)29-33-26(27-28(30)31-14-15-34(27)29)22-12-13-23-19(2)16-24(32-25(23)17-22)20-6-4-3-5-7-20/h3-7,12-18,21H,8-11H2,1-2H3,(H2,30,31). The fourth-order valence-corrected chi connectivity index (χ4v) is 5.40. The van der Waals surface area contributed by atoms with E-state index >= 15 is 0 Å². The maximum Gasteiger partial charge on any atom is 0.150 e. The van der Waals surface area contributed by atoms with E-state index in [2.05, 4.69) is 59.6 Å². The van der Waals surface area contributed by atoms with Gasteiger partial charge >= 0.3 is 0 Å². The number of aryl methyl sites for hydroxylation is 1. The topological polar surface area (TPSA) is 69.1 Å². The molecule has 0 amide bonds. The monoisotopic (exact) mass is 447 g/mol. The van der Waals surface area contributed by atoms with E-state index in [4.69, 9.17) is 15.7 Å². The lowest BCUT2D eigenvalue weighted by Crippen LogP contribution is -2.13. The second-order valence-electron chi connectivity index (χ2n) is 9.73. The van der Waals surface area contributed by atoms with Crippen molar-refractivity contribution >= 4 is 22.2 Å². The van der Waals surface area contributed by atoms with Gasteiger partial charge in [0, 0.05) is 34.8 Å². The summed E-state index contributed by atoms with van der Waals surface area (Å²) in [7, 11) is 0. The van der Waals surface area contributed by atoms with Crippen molar-refractivity contribution in [3.8, 4) is 22.5 Å².